The Bertz CT molecular complexity index is 1640. The molecular formula is C26H20ClF2N5O4. The van der Waals surface area contributed by atoms with Gasteiger partial charge in [0.15, 0.2) is 22.9 Å². The van der Waals surface area contributed by atoms with Crippen LogP contribution in [0.1, 0.15) is 66.1 Å². The van der Waals surface area contributed by atoms with E-state index in [0.29, 0.717) is 24.0 Å². The summed E-state index contributed by atoms with van der Waals surface area (Å²) in [6.45, 7) is 1.63. The van der Waals surface area contributed by atoms with E-state index in [1.165, 1.54) is 30.5 Å². The second-order valence-corrected chi connectivity index (χ2v) is 9.24. The molecule has 2 aromatic carbocycles. The standard InChI is InChI=1S/C26H20ClF2N5O4/c1-12-14-5-7-19(16(14)4-3-15(12)26(37)38)32-25(36)23-21(29)22(33-20-8-9-31-34(20)23)24(35)30-11-13-2-6-18(28)17(27)10-13/h2-4,6,8-10,19H,5,7,11H2,1H3,(H,30,35)(H,32,36)(H,37,38)/t19-/m0/s1. The zero-order chi connectivity index (χ0) is 27.1. The number of carbonyl (C=O) groups is 3. The Morgan fingerprint density at radius 3 is 2.68 bits per heavy atom. The third kappa shape index (κ3) is 4.45. The summed E-state index contributed by atoms with van der Waals surface area (Å²) in [5.74, 6) is -4.51. The van der Waals surface area contributed by atoms with Crippen molar-refractivity contribution in [3.63, 3.8) is 0 Å². The second kappa shape index (κ2) is 9.82. The molecule has 12 heteroatoms. The smallest absolute Gasteiger partial charge is 0.335 e. The molecular weight excluding hydrogens is 520 g/mol. The van der Waals surface area contributed by atoms with Gasteiger partial charge in [-0.2, -0.15) is 5.10 Å². The molecule has 2 aromatic heterocycles. The molecule has 0 radical (unpaired) electrons. The van der Waals surface area contributed by atoms with Gasteiger partial charge in [0, 0.05) is 12.6 Å². The molecule has 3 N–H and O–H groups in total. The van der Waals surface area contributed by atoms with Gasteiger partial charge < -0.3 is 15.7 Å². The van der Waals surface area contributed by atoms with Crippen LogP contribution in [0.4, 0.5) is 8.78 Å². The molecule has 0 saturated heterocycles. The molecule has 0 bridgehead atoms. The number of amides is 2. The summed E-state index contributed by atoms with van der Waals surface area (Å²) in [5, 5.41) is 18.5. The van der Waals surface area contributed by atoms with Crippen LogP contribution in [0.2, 0.25) is 5.02 Å². The maximum absolute atomic E-state index is 15.6. The van der Waals surface area contributed by atoms with Gasteiger partial charge in [0.25, 0.3) is 11.8 Å². The molecule has 0 saturated carbocycles. The zero-order valence-electron chi connectivity index (χ0n) is 19.9. The van der Waals surface area contributed by atoms with Gasteiger partial charge in [-0.1, -0.05) is 23.7 Å². The summed E-state index contributed by atoms with van der Waals surface area (Å²) in [5.41, 5.74) is 1.85. The monoisotopic (exact) mass is 539 g/mol. The maximum Gasteiger partial charge on any atom is 0.335 e. The Kier molecular flexibility index (Phi) is 6.53. The lowest BCUT2D eigenvalue weighted by Gasteiger charge is -2.17. The Labute approximate surface area is 219 Å². The molecule has 2 heterocycles. The number of benzene rings is 2. The minimum Gasteiger partial charge on any atom is -0.478 e. The minimum atomic E-state index is -1.16. The van der Waals surface area contributed by atoms with Crippen molar-refractivity contribution in [2.24, 2.45) is 0 Å². The quantitative estimate of drug-likeness (QED) is 0.340. The molecule has 9 nitrogen and oxygen atoms in total. The van der Waals surface area contributed by atoms with Crippen LogP contribution in [0.3, 0.4) is 0 Å². The third-order valence-corrected chi connectivity index (χ3v) is 6.86. The van der Waals surface area contributed by atoms with E-state index < -0.39 is 46.8 Å². The van der Waals surface area contributed by atoms with Gasteiger partial charge in [0.2, 0.25) is 0 Å². The Morgan fingerprint density at radius 2 is 1.95 bits per heavy atom. The van der Waals surface area contributed by atoms with E-state index in [0.717, 1.165) is 21.7 Å². The number of nitrogens with one attached hydrogen (secondary N) is 2. The second-order valence-electron chi connectivity index (χ2n) is 8.83. The Morgan fingerprint density at radius 1 is 1.16 bits per heavy atom. The predicted octanol–water partition coefficient (Wildman–Crippen LogP) is 4.01. The number of carbonyl (C=O) groups excluding carboxylic acids is 2. The van der Waals surface area contributed by atoms with Crippen LogP contribution in [-0.4, -0.2) is 37.5 Å². The van der Waals surface area contributed by atoms with E-state index >= 15 is 4.39 Å². The number of hydrogen-bond donors (Lipinski definition) is 3. The summed E-state index contributed by atoms with van der Waals surface area (Å²) in [6, 6.07) is 7.97. The van der Waals surface area contributed by atoms with E-state index in [4.69, 9.17) is 11.6 Å². The fraction of sp³-hybridized carbons (Fsp3) is 0.192. The van der Waals surface area contributed by atoms with Crippen LogP contribution >= 0.6 is 11.6 Å². The van der Waals surface area contributed by atoms with Crippen molar-refractivity contribution in [3.8, 4) is 0 Å². The molecule has 0 spiro atoms. The van der Waals surface area contributed by atoms with Crippen LogP contribution in [-0.2, 0) is 13.0 Å². The lowest BCUT2D eigenvalue weighted by molar-refractivity contribution is 0.0695. The van der Waals surface area contributed by atoms with Crippen molar-refractivity contribution in [3.05, 3.63) is 98.5 Å². The molecule has 1 aliphatic carbocycles. The van der Waals surface area contributed by atoms with E-state index in [9.17, 15) is 23.9 Å². The molecule has 1 atom stereocenters. The number of nitrogens with zero attached hydrogens (tertiary/aromatic N) is 3. The maximum atomic E-state index is 15.6. The van der Waals surface area contributed by atoms with Crippen LogP contribution in [0.5, 0.6) is 0 Å². The fourth-order valence-electron chi connectivity index (χ4n) is 4.67. The van der Waals surface area contributed by atoms with Crippen LogP contribution < -0.4 is 10.6 Å². The number of rotatable bonds is 6. The number of aromatic carboxylic acids is 1. The first-order valence-electron chi connectivity index (χ1n) is 11.6. The first-order valence-corrected chi connectivity index (χ1v) is 12.0. The summed E-state index contributed by atoms with van der Waals surface area (Å²) in [7, 11) is 0. The Hall–Kier alpha value is -4.38. The average molecular weight is 540 g/mol. The third-order valence-electron chi connectivity index (χ3n) is 6.57. The lowest BCUT2D eigenvalue weighted by atomic mass is 9.98. The van der Waals surface area contributed by atoms with Crippen molar-refractivity contribution in [2.45, 2.75) is 32.4 Å². The predicted molar refractivity (Wildman–Crippen MR) is 132 cm³/mol. The molecule has 0 fully saturated rings. The summed E-state index contributed by atoms with van der Waals surface area (Å²) in [4.78, 5) is 41.6. The number of carboxylic acid groups (broad SMARTS) is 1. The molecule has 194 valence electrons. The summed E-state index contributed by atoms with van der Waals surface area (Å²) < 4.78 is 30.0. The van der Waals surface area contributed by atoms with Crippen LogP contribution in [0.25, 0.3) is 5.65 Å². The van der Waals surface area contributed by atoms with E-state index in [2.05, 4.69) is 20.7 Å². The number of hydrogen-bond acceptors (Lipinski definition) is 5. The summed E-state index contributed by atoms with van der Waals surface area (Å²) in [6.07, 6.45) is 2.36. The van der Waals surface area contributed by atoms with Crippen molar-refractivity contribution < 1.29 is 28.3 Å². The van der Waals surface area contributed by atoms with Crippen LogP contribution in [0, 0.1) is 18.6 Å². The lowest BCUT2D eigenvalue weighted by Crippen LogP contribution is -2.32. The van der Waals surface area contributed by atoms with E-state index in [-0.39, 0.29) is 22.8 Å². The van der Waals surface area contributed by atoms with Crippen molar-refractivity contribution in [1.29, 1.82) is 0 Å². The van der Waals surface area contributed by atoms with Gasteiger partial charge in [0.05, 0.1) is 22.8 Å². The molecule has 0 aliphatic heterocycles. The van der Waals surface area contributed by atoms with Gasteiger partial charge in [0.1, 0.15) is 5.82 Å². The molecule has 2 amide bonds. The molecule has 1 aliphatic rings. The van der Waals surface area contributed by atoms with Gasteiger partial charge in [-0.15, -0.1) is 0 Å². The highest BCUT2D eigenvalue weighted by atomic mass is 35.5. The summed E-state index contributed by atoms with van der Waals surface area (Å²) >= 11 is 5.77. The number of carboxylic acids is 1. The molecule has 0 unspecified atom stereocenters. The molecule has 38 heavy (non-hydrogen) atoms. The first kappa shape index (κ1) is 25.3. The SMILES string of the molecule is Cc1c(C(=O)O)ccc2c1CC[C@@H]2NC(=O)c1c(F)c(C(=O)NCc2ccc(F)c(Cl)c2)nc2ccnn12. The highest BCUT2D eigenvalue weighted by Gasteiger charge is 2.31. The first-order chi connectivity index (χ1) is 18.2. The highest BCUT2D eigenvalue weighted by Crippen LogP contribution is 2.35. The van der Waals surface area contributed by atoms with Gasteiger partial charge >= 0.3 is 5.97 Å². The van der Waals surface area contributed by atoms with Gasteiger partial charge in [-0.25, -0.2) is 23.1 Å². The largest absolute Gasteiger partial charge is 0.478 e. The normalized spacial score (nSPS) is 14.4. The highest BCUT2D eigenvalue weighted by molar-refractivity contribution is 6.30. The van der Waals surface area contributed by atoms with Crippen molar-refractivity contribution in [1.82, 2.24) is 25.2 Å². The molecule has 4 aromatic rings. The minimum absolute atomic E-state index is 0.0809. The fourth-order valence-corrected chi connectivity index (χ4v) is 4.88. The van der Waals surface area contributed by atoms with Crippen LogP contribution in [0.15, 0.2) is 42.6 Å². The molecule has 5 rings (SSSR count). The Balaban J connectivity index is 1.42. The topological polar surface area (TPSA) is 126 Å². The van der Waals surface area contributed by atoms with Gasteiger partial charge in [-0.05, 0) is 60.2 Å². The number of aromatic nitrogens is 3. The number of halogens is 3. The van der Waals surface area contributed by atoms with Crippen molar-refractivity contribution in [2.75, 3.05) is 0 Å². The number of fused-ring (bicyclic) bond motifs is 2. The van der Waals surface area contributed by atoms with Crippen molar-refractivity contribution >= 4 is 35.0 Å². The average Bonchev–Trinajstić information content (AvgIpc) is 3.51. The van der Waals surface area contributed by atoms with E-state index in [1.807, 2.05) is 0 Å². The van der Waals surface area contributed by atoms with E-state index in [1.54, 1.807) is 13.0 Å². The van der Waals surface area contributed by atoms with Gasteiger partial charge in [-0.3, -0.25) is 9.59 Å². The zero-order valence-corrected chi connectivity index (χ0v) is 20.6.